The van der Waals surface area contributed by atoms with Gasteiger partial charge in [-0.25, -0.2) is 4.39 Å². The third-order valence-electron chi connectivity index (χ3n) is 4.47. The van der Waals surface area contributed by atoms with Gasteiger partial charge in [0.05, 0.1) is 6.26 Å². The van der Waals surface area contributed by atoms with E-state index in [0.717, 1.165) is 33.4 Å². The molecule has 3 aromatic rings. The van der Waals surface area contributed by atoms with Crippen molar-refractivity contribution in [3.05, 3.63) is 96.0 Å². The summed E-state index contributed by atoms with van der Waals surface area (Å²) in [6, 6.07) is 22.7. The van der Waals surface area contributed by atoms with E-state index in [9.17, 15) is 4.39 Å². The van der Waals surface area contributed by atoms with Gasteiger partial charge in [0.15, 0.2) is 0 Å². The summed E-state index contributed by atoms with van der Waals surface area (Å²) in [4.78, 5) is 2.18. The highest BCUT2D eigenvalue weighted by molar-refractivity contribution is 8.06. The zero-order valence-electron chi connectivity index (χ0n) is 14.1. The van der Waals surface area contributed by atoms with Crippen LogP contribution in [0.5, 0.6) is 0 Å². The summed E-state index contributed by atoms with van der Waals surface area (Å²) in [6.45, 7) is -1.67. The molecule has 0 N–H and O–H groups in total. The van der Waals surface area contributed by atoms with Crippen LogP contribution in [0.25, 0.3) is 5.57 Å². The van der Waals surface area contributed by atoms with Gasteiger partial charge in [-0.3, -0.25) is 0 Å². The molecule has 0 amide bonds. The first-order valence-electron chi connectivity index (χ1n) is 8.24. The topological polar surface area (TPSA) is 12.5 Å². The Morgan fingerprint density at radius 1 is 0.885 bits per heavy atom. The third-order valence-corrected chi connectivity index (χ3v) is 6.61. The second kappa shape index (κ2) is 7.06. The maximum atomic E-state index is 13.1. The Labute approximate surface area is 158 Å². The molecule has 0 spiro atoms. The zero-order valence-corrected chi connectivity index (χ0v) is 16.0. The molecule has 1 atom stereocenters. The number of anilines is 2. The van der Waals surface area contributed by atoms with Crippen LogP contribution in [-0.2, 0) is 16.3 Å². The van der Waals surface area contributed by atoms with E-state index >= 15 is 0 Å². The molecule has 4 rings (SSSR count). The van der Waals surface area contributed by atoms with E-state index in [1.165, 1.54) is 12.1 Å². The predicted octanol–water partition coefficient (Wildman–Crippen LogP) is 5.23. The lowest BCUT2D eigenvalue weighted by atomic mass is 9.91. The van der Waals surface area contributed by atoms with E-state index in [1.54, 1.807) is 18.4 Å². The molecule has 0 radical (unpaired) electrons. The van der Waals surface area contributed by atoms with E-state index in [-0.39, 0.29) is 5.82 Å². The highest BCUT2D eigenvalue weighted by Crippen LogP contribution is 2.44. The van der Waals surface area contributed by atoms with Gasteiger partial charge >= 0.3 is 0 Å². The average Bonchev–Trinajstić information content (AvgIpc) is 2.68. The van der Waals surface area contributed by atoms with Crippen LogP contribution >= 0.6 is 6.92 Å². The Balaban J connectivity index is 1.74. The van der Waals surface area contributed by atoms with Gasteiger partial charge in [0.2, 0.25) is 0 Å². The summed E-state index contributed by atoms with van der Waals surface area (Å²) in [5.41, 5.74) is 5.49. The number of halogens is 1. The SMILES string of the molecule is CN1c2ccccc2C(=CO[PH](=S)c2ccc(F)cc2)c2ccccc21. The van der Waals surface area contributed by atoms with Crippen LogP contribution in [0.2, 0.25) is 0 Å². The van der Waals surface area contributed by atoms with E-state index in [0.29, 0.717) is 0 Å². The van der Waals surface area contributed by atoms with Crippen molar-refractivity contribution >= 4 is 41.0 Å². The highest BCUT2D eigenvalue weighted by atomic mass is 32.4. The van der Waals surface area contributed by atoms with Crippen molar-refractivity contribution in [2.45, 2.75) is 0 Å². The number of fused-ring (bicyclic) bond motifs is 2. The zero-order chi connectivity index (χ0) is 18.1. The van der Waals surface area contributed by atoms with Crippen LogP contribution in [0.4, 0.5) is 15.8 Å². The van der Waals surface area contributed by atoms with Gasteiger partial charge in [0, 0.05) is 40.4 Å². The van der Waals surface area contributed by atoms with Crippen molar-refractivity contribution in [1.82, 2.24) is 0 Å². The Morgan fingerprint density at radius 2 is 1.42 bits per heavy atom. The minimum atomic E-state index is -1.67. The van der Waals surface area contributed by atoms with Gasteiger partial charge in [-0.2, -0.15) is 0 Å². The van der Waals surface area contributed by atoms with E-state index in [4.69, 9.17) is 16.3 Å². The molecule has 26 heavy (non-hydrogen) atoms. The van der Waals surface area contributed by atoms with Crippen LogP contribution in [0, 0.1) is 5.82 Å². The normalized spacial score (nSPS) is 13.6. The van der Waals surface area contributed by atoms with Gasteiger partial charge < -0.3 is 9.42 Å². The molecule has 0 saturated heterocycles. The average molecular weight is 381 g/mol. The summed E-state index contributed by atoms with van der Waals surface area (Å²) < 4.78 is 19.1. The van der Waals surface area contributed by atoms with Crippen LogP contribution in [0.1, 0.15) is 11.1 Å². The van der Waals surface area contributed by atoms with Gasteiger partial charge in [-0.1, -0.05) is 48.2 Å². The first kappa shape index (κ1) is 17.0. The van der Waals surface area contributed by atoms with Crippen LogP contribution < -0.4 is 10.2 Å². The fourth-order valence-corrected chi connectivity index (χ4v) is 4.51. The Hall–Kier alpha value is -2.42. The molecule has 0 saturated carbocycles. The van der Waals surface area contributed by atoms with E-state index in [2.05, 4.69) is 36.2 Å². The summed E-state index contributed by atoms with van der Waals surface area (Å²) in [7, 11) is 2.07. The molecule has 1 aliphatic rings. The largest absolute Gasteiger partial charge is 0.472 e. The predicted molar refractivity (Wildman–Crippen MR) is 111 cm³/mol. The second-order valence-electron chi connectivity index (χ2n) is 6.04. The van der Waals surface area contributed by atoms with Gasteiger partial charge in [0.25, 0.3) is 0 Å². The molecule has 1 heterocycles. The molecule has 2 nitrogen and oxygen atoms in total. The van der Waals surface area contributed by atoms with Crippen LogP contribution in [0.3, 0.4) is 0 Å². The number of hydrogen-bond donors (Lipinski definition) is 0. The monoisotopic (exact) mass is 381 g/mol. The summed E-state index contributed by atoms with van der Waals surface area (Å²) in [5.74, 6) is -0.268. The minimum Gasteiger partial charge on any atom is -0.472 e. The lowest BCUT2D eigenvalue weighted by Gasteiger charge is -2.31. The number of hydrogen-bond acceptors (Lipinski definition) is 3. The number of rotatable bonds is 3. The lowest BCUT2D eigenvalue weighted by molar-refractivity contribution is 0.558. The lowest BCUT2D eigenvalue weighted by Crippen LogP contribution is -2.17. The van der Waals surface area contributed by atoms with Crippen molar-refractivity contribution < 1.29 is 8.91 Å². The summed E-state index contributed by atoms with van der Waals surface area (Å²) >= 11 is 5.54. The summed E-state index contributed by atoms with van der Waals surface area (Å²) in [6.07, 6.45) is 1.77. The first-order chi connectivity index (χ1) is 12.6. The molecule has 1 aliphatic heterocycles. The molecule has 0 aliphatic carbocycles. The molecule has 0 aromatic heterocycles. The fraction of sp³-hybridized carbons (Fsp3) is 0.0476. The quantitative estimate of drug-likeness (QED) is 0.455. The second-order valence-corrected chi connectivity index (χ2v) is 8.54. The van der Waals surface area contributed by atoms with Crippen molar-refractivity contribution in [3.63, 3.8) is 0 Å². The standard InChI is InChI=1S/C21H17FNOPS/c1-23-20-8-4-2-6-17(20)19(18-7-3-5-9-21(18)23)14-24-25(26)16-12-10-15(22)11-13-16/h2-14,25H,1H3. The molecule has 0 fully saturated rings. The molecule has 5 heteroatoms. The van der Waals surface area contributed by atoms with Gasteiger partial charge in [-0.05, 0) is 36.4 Å². The minimum absolute atomic E-state index is 0.268. The Morgan fingerprint density at radius 3 is 2.00 bits per heavy atom. The van der Waals surface area contributed by atoms with Crippen LogP contribution in [-0.4, -0.2) is 7.05 Å². The Bertz CT molecular complexity index is 967. The van der Waals surface area contributed by atoms with Gasteiger partial charge in [0.1, 0.15) is 12.7 Å². The third kappa shape index (κ3) is 3.07. The first-order valence-corrected chi connectivity index (χ1v) is 10.8. The van der Waals surface area contributed by atoms with Crippen molar-refractivity contribution in [2.75, 3.05) is 11.9 Å². The highest BCUT2D eigenvalue weighted by Gasteiger charge is 2.23. The van der Waals surface area contributed by atoms with Crippen LogP contribution in [0.15, 0.2) is 79.1 Å². The smallest absolute Gasteiger partial charge is 0.130 e. The number of nitrogens with zero attached hydrogens (tertiary/aromatic N) is 1. The van der Waals surface area contributed by atoms with E-state index in [1.807, 2.05) is 24.3 Å². The van der Waals surface area contributed by atoms with Gasteiger partial charge in [-0.15, -0.1) is 0 Å². The maximum Gasteiger partial charge on any atom is 0.130 e. The fourth-order valence-electron chi connectivity index (χ4n) is 3.16. The summed E-state index contributed by atoms with van der Waals surface area (Å²) in [5, 5.41) is 0.859. The molecule has 0 bridgehead atoms. The van der Waals surface area contributed by atoms with Crippen molar-refractivity contribution in [3.8, 4) is 0 Å². The molecule has 1 unspecified atom stereocenters. The molecular formula is C21H17FNOPS. The van der Waals surface area contributed by atoms with Crippen molar-refractivity contribution in [1.29, 1.82) is 0 Å². The number of benzene rings is 3. The molecular weight excluding hydrogens is 364 g/mol. The van der Waals surface area contributed by atoms with Crippen molar-refractivity contribution in [2.24, 2.45) is 0 Å². The molecule has 130 valence electrons. The van der Waals surface area contributed by atoms with E-state index < -0.39 is 6.92 Å². The number of para-hydroxylation sites is 2. The Kier molecular flexibility index (Phi) is 4.62. The maximum absolute atomic E-state index is 13.1. The molecule has 3 aromatic carbocycles.